The van der Waals surface area contributed by atoms with Crippen LogP contribution in [0.2, 0.25) is 0 Å². The molecule has 18 heavy (non-hydrogen) atoms. The first kappa shape index (κ1) is 12.3. The van der Waals surface area contributed by atoms with E-state index in [4.69, 9.17) is 9.52 Å². The molecule has 2 aromatic rings. The molecule has 0 spiro atoms. The highest BCUT2D eigenvalue weighted by molar-refractivity contribution is 5.66. The Bertz CT molecular complexity index is 549. The first-order chi connectivity index (χ1) is 8.65. The van der Waals surface area contributed by atoms with Crippen LogP contribution in [0.25, 0.3) is 0 Å². The Morgan fingerprint density at radius 2 is 2.00 bits per heavy atom. The predicted octanol–water partition coefficient (Wildman–Crippen LogP) is 1.99. The van der Waals surface area contributed by atoms with E-state index in [1.165, 1.54) is 5.56 Å². The lowest BCUT2D eigenvalue weighted by atomic mass is 10.1. The number of carbonyl (C=O) groups is 1. The average molecular weight is 246 g/mol. The number of carboxylic acid groups (broad SMARTS) is 1. The van der Waals surface area contributed by atoms with Crippen LogP contribution in [-0.2, 0) is 17.6 Å². The Morgan fingerprint density at radius 1 is 1.28 bits per heavy atom. The molecular formula is C13H14N2O3. The molecule has 1 N–H and O–H groups in total. The van der Waals surface area contributed by atoms with E-state index < -0.39 is 5.97 Å². The third-order valence-electron chi connectivity index (χ3n) is 2.66. The van der Waals surface area contributed by atoms with Crippen molar-refractivity contribution in [3.8, 4) is 0 Å². The normalized spacial score (nSPS) is 10.5. The molecule has 1 aromatic heterocycles. The standard InChI is InChI=1S/C13H14N2O3/c1-9-4-2-3-5-10(9)8-12-15-14-11(18-12)6-7-13(16)17/h2-5H,6-8H2,1H3,(H,16,17). The first-order valence-corrected chi connectivity index (χ1v) is 5.72. The largest absolute Gasteiger partial charge is 0.481 e. The summed E-state index contributed by atoms with van der Waals surface area (Å²) in [5, 5.41) is 16.3. The van der Waals surface area contributed by atoms with Gasteiger partial charge in [-0.25, -0.2) is 0 Å². The molecule has 0 aliphatic carbocycles. The van der Waals surface area contributed by atoms with Crippen LogP contribution in [0.5, 0.6) is 0 Å². The maximum atomic E-state index is 10.4. The second kappa shape index (κ2) is 5.44. The van der Waals surface area contributed by atoms with E-state index in [1.54, 1.807) is 0 Å². The van der Waals surface area contributed by atoms with E-state index in [-0.39, 0.29) is 12.8 Å². The quantitative estimate of drug-likeness (QED) is 0.873. The Hall–Kier alpha value is -2.17. The highest BCUT2D eigenvalue weighted by atomic mass is 16.4. The second-order valence-corrected chi connectivity index (χ2v) is 4.09. The summed E-state index contributed by atoms with van der Waals surface area (Å²) in [4.78, 5) is 10.4. The van der Waals surface area contributed by atoms with Crippen molar-refractivity contribution in [1.82, 2.24) is 10.2 Å². The summed E-state index contributed by atoms with van der Waals surface area (Å²) in [6.45, 7) is 2.02. The van der Waals surface area contributed by atoms with Gasteiger partial charge in [-0.2, -0.15) is 0 Å². The van der Waals surface area contributed by atoms with Gasteiger partial charge in [0.25, 0.3) is 0 Å². The van der Waals surface area contributed by atoms with Crippen molar-refractivity contribution >= 4 is 5.97 Å². The predicted molar refractivity (Wildman–Crippen MR) is 64.2 cm³/mol. The number of aliphatic carboxylic acids is 1. The molecule has 0 atom stereocenters. The molecule has 0 radical (unpaired) electrons. The summed E-state index contributed by atoms with van der Waals surface area (Å²) in [7, 11) is 0. The van der Waals surface area contributed by atoms with Gasteiger partial charge in [0.2, 0.25) is 11.8 Å². The van der Waals surface area contributed by atoms with E-state index in [0.717, 1.165) is 5.56 Å². The van der Waals surface area contributed by atoms with Crippen LogP contribution in [0.15, 0.2) is 28.7 Å². The van der Waals surface area contributed by atoms with Gasteiger partial charge in [0.15, 0.2) is 0 Å². The van der Waals surface area contributed by atoms with Crippen LogP contribution < -0.4 is 0 Å². The molecular weight excluding hydrogens is 232 g/mol. The summed E-state index contributed by atoms with van der Waals surface area (Å²) >= 11 is 0. The monoisotopic (exact) mass is 246 g/mol. The SMILES string of the molecule is Cc1ccccc1Cc1nnc(CCC(=O)O)o1. The molecule has 0 unspecified atom stereocenters. The lowest BCUT2D eigenvalue weighted by molar-refractivity contribution is -0.137. The minimum absolute atomic E-state index is 0.00595. The van der Waals surface area contributed by atoms with Crippen molar-refractivity contribution in [2.24, 2.45) is 0 Å². The number of hydrogen-bond acceptors (Lipinski definition) is 4. The molecule has 0 aliphatic heterocycles. The van der Waals surface area contributed by atoms with Crippen molar-refractivity contribution in [2.75, 3.05) is 0 Å². The molecule has 0 saturated heterocycles. The number of aryl methyl sites for hydroxylation is 2. The molecule has 0 saturated carbocycles. The van der Waals surface area contributed by atoms with Gasteiger partial charge >= 0.3 is 5.97 Å². The summed E-state index contributed by atoms with van der Waals surface area (Å²) in [5.74, 6) is 0.0272. The van der Waals surface area contributed by atoms with Crippen LogP contribution in [0.1, 0.15) is 29.3 Å². The van der Waals surface area contributed by atoms with E-state index in [1.807, 2.05) is 31.2 Å². The van der Waals surface area contributed by atoms with E-state index in [9.17, 15) is 4.79 Å². The van der Waals surface area contributed by atoms with Gasteiger partial charge < -0.3 is 9.52 Å². The van der Waals surface area contributed by atoms with Gasteiger partial charge in [0, 0.05) is 6.42 Å². The highest BCUT2D eigenvalue weighted by Crippen LogP contribution is 2.13. The van der Waals surface area contributed by atoms with Crippen molar-refractivity contribution in [3.05, 3.63) is 47.2 Å². The van der Waals surface area contributed by atoms with Gasteiger partial charge in [0.1, 0.15) is 0 Å². The van der Waals surface area contributed by atoms with Crippen LogP contribution in [0, 0.1) is 6.92 Å². The number of rotatable bonds is 5. The molecule has 0 aliphatic rings. The number of nitrogens with zero attached hydrogens (tertiary/aromatic N) is 2. The number of benzene rings is 1. The maximum absolute atomic E-state index is 10.4. The van der Waals surface area contributed by atoms with Crippen molar-refractivity contribution in [2.45, 2.75) is 26.2 Å². The van der Waals surface area contributed by atoms with Crippen LogP contribution in [-0.4, -0.2) is 21.3 Å². The Labute approximate surface area is 104 Å². The lowest BCUT2D eigenvalue weighted by Crippen LogP contribution is -1.97. The number of aromatic nitrogens is 2. The van der Waals surface area contributed by atoms with Crippen molar-refractivity contribution in [1.29, 1.82) is 0 Å². The molecule has 5 heteroatoms. The molecule has 1 aromatic carbocycles. The van der Waals surface area contributed by atoms with Crippen LogP contribution >= 0.6 is 0 Å². The highest BCUT2D eigenvalue weighted by Gasteiger charge is 2.09. The molecule has 1 heterocycles. The molecule has 0 amide bonds. The summed E-state index contributed by atoms with van der Waals surface area (Å²) in [6, 6.07) is 7.97. The fraction of sp³-hybridized carbons (Fsp3) is 0.308. The van der Waals surface area contributed by atoms with Crippen LogP contribution in [0.4, 0.5) is 0 Å². The van der Waals surface area contributed by atoms with Crippen LogP contribution in [0.3, 0.4) is 0 Å². The molecule has 94 valence electrons. The Morgan fingerprint density at radius 3 is 2.72 bits per heavy atom. The summed E-state index contributed by atoms with van der Waals surface area (Å²) < 4.78 is 5.41. The average Bonchev–Trinajstić information content (AvgIpc) is 2.77. The van der Waals surface area contributed by atoms with Gasteiger partial charge in [-0.3, -0.25) is 4.79 Å². The van der Waals surface area contributed by atoms with Gasteiger partial charge in [0.05, 0.1) is 12.8 Å². The fourth-order valence-electron chi connectivity index (χ4n) is 1.65. The minimum Gasteiger partial charge on any atom is -0.481 e. The van der Waals surface area contributed by atoms with Gasteiger partial charge in [-0.1, -0.05) is 24.3 Å². The van der Waals surface area contributed by atoms with E-state index in [2.05, 4.69) is 10.2 Å². The summed E-state index contributed by atoms with van der Waals surface area (Å²) in [6.07, 6.45) is 0.856. The van der Waals surface area contributed by atoms with Crippen molar-refractivity contribution in [3.63, 3.8) is 0 Å². The first-order valence-electron chi connectivity index (χ1n) is 5.72. The smallest absolute Gasteiger partial charge is 0.303 e. The van der Waals surface area contributed by atoms with E-state index in [0.29, 0.717) is 18.2 Å². The van der Waals surface area contributed by atoms with Crippen molar-refractivity contribution < 1.29 is 14.3 Å². The Kier molecular flexibility index (Phi) is 3.72. The third-order valence-corrected chi connectivity index (χ3v) is 2.66. The zero-order chi connectivity index (χ0) is 13.0. The second-order valence-electron chi connectivity index (χ2n) is 4.09. The lowest BCUT2D eigenvalue weighted by Gasteiger charge is -2.00. The molecule has 5 nitrogen and oxygen atoms in total. The number of hydrogen-bond donors (Lipinski definition) is 1. The maximum Gasteiger partial charge on any atom is 0.303 e. The number of carboxylic acids is 1. The van der Waals surface area contributed by atoms with Gasteiger partial charge in [-0.15, -0.1) is 10.2 Å². The fourth-order valence-corrected chi connectivity index (χ4v) is 1.65. The van der Waals surface area contributed by atoms with Gasteiger partial charge in [-0.05, 0) is 18.1 Å². The molecule has 0 bridgehead atoms. The third kappa shape index (κ3) is 3.16. The molecule has 2 rings (SSSR count). The summed E-state index contributed by atoms with van der Waals surface area (Å²) in [5.41, 5.74) is 2.30. The molecule has 0 fully saturated rings. The topological polar surface area (TPSA) is 76.2 Å². The Balaban J connectivity index is 2.02. The zero-order valence-electron chi connectivity index (χ0n) is 10.1. The zero-order valence-corrected chi connectivity index (χ0v) is 10.1. The van der Waals surface area contributed by atoms with E-state index >= 15 is 0 Å². The minimum atomic E-state index is -0.867.